The number of thioether (sulfide) groups is 1. The number of terminal acetylenes is 1. The van der Waals surface area contributed by atoms with Gasteiger partial charge in [-0.15, -0.1) is 6.42 Å². The molecule has 0 aromatic rings. The third-order valence-corrected chi connectivity index (χ3v) is 5.79. The Balaban J connectivity index is 2.51. The Morgan fingerprint density at radius 2 is 2.19 bits per heavy atom. The van der Waals surface area contributed by atoms with Crippen molar-refractivity contribution in [2.45, 2.75) is 63.6 Å². The first-order valence-electron chi connectivity index (χ1n) is 9.20. The summed E-state index contributed by atoms with van der Waals surface area (Å²) in [6.07, 6.45) is 12.5. The molecular formula is C20H30O5S. The van der Waals surface area contributed by atoms with Crippen molar-refractivity contribution in [3.8, 4) is 12.3 Å². The summed E-state index contributed by atoms with van der Waals surface area (Å²) in [4.78, 5) is 22.6. The lowest BCUT2D eigenvalue weighted by Gasteiger charge is -2.21. The average Bonchev–Trinajstić information content (AvgIpc) is 2.84. The molecule has 1 fully saturated rings. The van der Waals surface area contributed by atoms with Gasteiger partial charge >= 0.3 is 5.97 Å². The molecule has 0 radical (unpaired) electrons. The molecular weight excluding hydrogens is 352 g/mol. The van der Waals surface area contributed by atoms with Gasteiger partial charge in [0.1, 0.15) is 11.4 Å². The van der Waals surface area contributed by atoms with Gasteiger partial charge in [0, 0.05) is 24.7 Å². The highest BCUT2D eigenvalue weighted by Gasteiger charge is 2.39. The first kappa shape index (κ1) is 22.8. The van der Waals surface area contributed by atoms with Gasteiger partial charge < -0.3 is 15.3 Å². The van der Waals surface area contributed by atoms with Gasteiger partial charge in [-0.1, -0.05) is 37.8 Å². The minimum atomic E-state index is -1.17. The number of carboxylic acids is 1. The molecule has 0 heterocycles. The maximum Gasteiger partial charge on any atom is 0.313 e. The lowest BCUT2D eigenvalue weighted by molar-refractivity contribution is -0.134. The van der Waals surface area contributed by atoms with Gasteiger partial charge in [-0.2, -0.15) is 11.8 Å². The third-order valence-electron chi connectivity index (χ3n) is 4.76. The summed E-state index contributed by atoms with van der Waals surface area (Å²) < 4.78 is 0. The van der Waals surface area contributed by atoms with Crippen LogP contribution in [-0.4, -0.2) is 50.3 Å². The van der Waals surface area contributed by atoms with Gasteiger partial charge in [-0.25, -0.2) is 0 Å². The molecule has 1 saturated carbocycles. The number of aliphatic hydroxyl groups excluding tert-OH is 1. The van der Waals surface area contributed by atoms with Crippen LogP contribution >= 0.6 is 11.8 Å². The van der Waals surface area contributed by atoms with Crippen LogP contribution in [0.15, 0.2) is 12.2 Å². The predicted molar refractivity (Wildman–Crippen MR) is 104 cm³/mol. The lowest BCUT2D eigenvalue weighted by atomic mass is 9.88. The zero-order valence-electron chi connectivity index (χ0n) is 15.4. The summed E-state index contributed by atoms with van der Waals surface area (Å²) in [6.45, 7) is 1.95. The van der Waals surface area contributed by atoms with E-state index in [4.69, 9.17) is 11.5 Å². The summed E-state index contributed by atoms with van der Waals surface area (Å²) in [6, 6.07) is 0. The molecule has 1 rings (SSSR count). The van der Waals surface area contributed by atoms with Crippen molar-refractivity contribution in [3.05, 3.63) is 12.2 Å². The second kappa shape index (κ2) is 11.4. The SMILES string of the molecule is C#CC(O)(CC=C[C@H]1[C@H](O)CC(=O)[C@@H]1CCCCSCC(=O)O)CCC. The Hall–Kier alpha value is -1.29. The van der Waals surface area contributed by atoms with Crippen molar-refractivity contribution in [3.63, 3.8) is 0 Å². The molecule has 26 heavy (non-hydrogen) atoms. The van der Waals surface area contributed by atoms with E-state index in [1.807, 2.05) is 13.0 Å². The summed E-state index contributed by atoms with van der Waals surface area (Å²) in [5, 5.41) is 29.1. The van der Waals surface area contributed by atoms with E-state index in [-0.39, 0.29) is 29.8 Å². The molecule has 0 aromatic carbocycles. The van der Waals surface area contributed by atoms with Crippen molar-refractivity contribution in [2.24, 2.45) is 11.8 Å². The molecule has 3 N–H and O–H groups in total. The second-order valence-corrected chi connectivity index (χ2v) is 8.03. The number of hydrogen-bond acceptors (Lipinski definition) is 5. The second-order valence-electron chi connectivity index (χ2n) is 6.92. The number of Topliss-reactive ketones (excluding diaryl/α,β-unsaturated/α-hetero) is 1. The average molecular weight is 383 g/mol. The Morgan fingerprint density at radius 1 is 1.46 bits per heavy atom. The van der Waals surface area contributed by atoms with Crippen LogP contribution in [0.5, 0.6) is 0 Å². The fourth-order valence-electron chi connectivity index (χ4n) is 3.39. The van der Waals surface area contributed by atoms with Crippen LogP contribution in [0.25, 0.3) is 0 Å². The molecule has 4 atom stereocenters. The fourth-order valence-corrected chi connectivity index (χ4v) is 4.11. The zero-order chi connectivity index (χ0) is 19.6. The Bertz CT molecular complexity index is 539. The normalized spacial score (nSPS) is 25.3. The van der Waals surface area contributed by atoms with Crippen molar-refractivity contribution >= 4 is 23.5 Å². The number of unbranched alkanes of at least 4 members (excludes halogenated alkanes) is 1. The van der Waals surface area contributed by atoms with Crippen molar-refractivity contribution in [2.75, 3.05) is 11.5 Å². The summed E-state index contributed by atoms with van der Waals surface area (Å²) in [5.74, 6) is 2.09. The van der Waals surface area contributed by atoms with Gasteiger partial charge in [0.15, 0.2) is 0 Å². The highest BCUT2D eigenvalue weighted by molar-refractivity contribution is 7.99. The van der Waals surface area contributed by atoms with Crippen molar-refractivity contribution < 1.29 is 24.9 Å². The van der Waals surface area contributed by atoms with E-state index in [0.717, 1.165) is 25.0 Å². The number of aliphatic hydroxyl groups is 2. The smallest absolute Gasteiger partial charge is 0.313 e. The van der Waals surface area contributed by atoms with E-state index >= 15 is 0 Å². The van der Waals surface area contributed by atoms with Crippen molar-refractivity contribution in [1.29, 1.82) is 0 Å². The standard InChI is InChI=1S/C20H30O5S/c1-3-10-20(25,4-2)11-7-9-16-15(17(21)13-18(16)22)8-5-6-12-26-14-19(23)24/h2,7,9,15-16,18,22,25H,3,5-6,8,10-14H2,1H3,(H,23,24)/t15-,16-,18-,20?/m1/s1. The maximum absolute atomic E-state index is 12.2. The minimum Gasteiger partial charge on any atom is -0.481 e. The molecule has 0 amide bonds. The highest BCUT2D eigenvalue weighted by atomic mass is 32.2. The summed E-state index contributed by atoms with van der Waals surface area (Å²) in [7, 11) is 0. The highest BCUT2D eigenvalue weighted by Crippen LogP contribution is 2.34. The van der Waals surface area contributed by atoms with Gasteiger partial charge in [0.25, 0.3) is 0 Å². The largest absolute Gasteiger partial charge is 0.481 e. The fraction of sp³-hybridized carbons (Fsp3) is 0.700. The van der Waals surface area contributed by atoms with Gasteiger partial charge in [-0.05, 0) is 25.0 Å². The molecule has 1 aliphatic carbocycles. The number of aliphatic carboxylic acids is 1. The van der Waals surface area contributed by atoms with Crippen LogP contribution in [-0.2, 0) is 9.59 Å². The number of rotatable bonds is 12. The number of carbonyl (C=O) groups is 2. The van der Waals surface area contributed by atoms with E-state index in [1.165, 1.54) is 11.8 Å². The molecule has 0 saturated heterocycles. The molecule has 0 aliphatic heterocycles. The third kappa shape index (κ3) is 7.53. The molecule has 1 aliphatic rings. The number of hydrogen-bond donors (Lipinski definition) is 3. The quantitative estimate of drug-likeness (QED) is 0.273. The van der Waals surface area contributed by atoms with Gasteiger partial charge in [0.2, 0.25) is 0 Å². The van der Waals surface area contributed by atoms with Crippen molar-refractivity contribution in [1.82, 2.24) is 0 Å². The van der Waals surface area contributed by atoms with Gasteiger partial charge in [-0.3, -0.25) is 9.59 Å². The maximum atomic E-state index is 12.2. The first-order chi connectivity index (χ1) is 12.3. The van der Waals surface area contributed by atoms with Gasteiger partial charge in [0.05, 0.1) is 11.9 Å². The monoisotopic (exact) mass is 382 g/mol. The Morgan fingerprint density at radius 3 is 2.81 bits per heavy atom. The molecule has 146 valence electrons. The van der Waals surface area contributed by atoms with Crippen LogP contribution in [0.4, 0.5) is 0 Å². The van der Waals surface area contributed by atoms with Crippen LogP contribution in [0.3, 0.4) is 0 Å². The zero-order valence-corrected chi connectivity index (χ0v) is 16.2. The number of carbonyl (C=O) groups excluding carboxylic acids is 1. The van der Waals surface area contributed by atoms with E-state index < -0.39 is 17.7 Å². The number of ketones is 1. The topological polar surface area (TPSA) is 94.8 Å². The molecule has 6 heteroatoms. The van der Waals surface area contributed by atoms with E-state index in [0.29, 0.717) is 19.3 Å². The summed E-state index contributed by atoms with van der Waals surface area (Å²) in [5.41, 5.74) is -1.17. The number of carboxylic acid groups (broad SMARTS) is 1. The molecule has 5 nitrogen and oxygen atoms in total. The first-order valence-corrected chi connectivity index (χ1v) is 10.4. The molecule has 0 aromatic heterocycles. The van der Waals surface area contributed by atoms with E-state index in [9.17, 15) is 19.8 Å². The Labute approximate surface area is 160 Å². The van der Waals surface area contributed by atoms with Crippen LogP contribution in [0.1, 0.15) is 51.9 Å². The predicted octanol–water partition coefficient (Wildman–Crippen LogP) is 2.65. The lowest BCUT2D eigenvalue weighted by Crippen LogP contribution is -2.25. The van der Waals surface area contributed by atoms with Crippen LogP contribution < -0.4 is 0 Å². The Kier molecular flexibility index (Phi) is 10.0. The van der Waals surface area contributed by atoms with Crippen LogP contribution in [0.2, 0.25) is 0 Å². The molecule has 1 unspecified atom stereocenters. The van der Waals surface area contributed by atoms with Crippen LogP contribution in [0, 0.1) is 24.2 Å². The van der Waals surface area contributed by atoms with E-state index in [2.05, 4.69) is 5.92 Å². The molecule has 0 bridgehead atoms. The minimum absolute atomic E-state index is 0.0751. The van der Waals surface area contributed by atoms with E-state index in [1.54, 1.807) is 6.08 Å². The summed E-state index contributed by atoms with van der Waals surface area (Å²) >= 11 is 1.38. The molecule has 0 spiro atoms.